The molecular formula is C15H22N4S. The van der Waals surface area contributed by atoms with Gasteiger partial charge in [0.15, 0.2) is 0 Å². The summed E-state index contributed by atoms with van der Waals surface area (Å²) in [6.07, 6.45) is 2.70. The van der Waals surface area contributed by atoms with E-state index in [2.05, 4.69) is 41.4 Å². The second kappa shape index (κ2) is 5.87. The highest BCUT2D eigenvalue weighted by molar-refractivity contribution is 7.09. The molecule has 0 atom stereocenters. The average molecular weight is 290 g/mol. The van der Waals surface area contributed by atoms with E-state index in [1.54, 1.807) is 17.5 Å². The molecule has 2 rings (SSSR count). The van der Waals surface area contributed by atoms with E-state index in [4.69, 9.17) is 4.98 Å². The molecule has 0 aliphatic heterocycles. The van der Waals surface area contributed by atoms with E-state index < -0.39 is 0 Å². The highest BCUT2D eigenvalue weighted by Crippen LogP contribution is 2.24. The summed E-state index contributed by atoms with van der Waals surface area (Å²) < 4.78 is 0. The lowest BCUT2D eigenvalue weighted by atomic mass is 9.93. The fraction of sp³-hybridized carbons (Fsp3) is 0.533. The van der Waals surface area contributed by atoms with Crippen molar-refractivity contribution < 1.29 is 0 Å². The molecule has 2 aromatic rings. The van der Waals surface area contributed by atoms with E-state index in [1.807, 2.05) is 13.8 Å². The van der Waals surface area contributed by atoms with E-state index in [0.29, 0.717) is 0 Å². The minimum atomic E-state index is 0.126. The average Bonchev–Trinajstić information content (AvgIpc) is 2.82. The minimum Gasteiger partial charge on any atom is -0.368 e. The first kappa shape index (κ1) is 14.9. The zero-order valence-electron chi connectivity index (χ0n) is 12.8. The maximum absolute atomic E-state index is 4.70. The Kier molecular flexibility index (Phi) is 4.38. The molecule has 0 saturated carbocycles. The van der Waals surface area contributed by atoms with Gasteiger partial charge in [-0.1, -0.05) is 20.8 Å². The normalized spacial score (nSPS) is 11.7. The van der Waals surface area contributed by atoms with Crippen molar-refractivity contribution >= 4 is 17.2 Å². The van der Waals surface area contributed by atoms with Crippen molar-refractivity contribution in [2.24, 2.45) is 0 Å². The highest BCUT2D eigenvalue weighted by Gasteiger charge is 2.17. The first-order valence-electron chi connectivity index (χ1n) is 6.85. The number of hydrogen-bond donors (Lipinski definition) is 1. The first-order valence-corrected chi connectivity index (χ1v) is 7.73. The van der Waals surface area contributed by atoms with Gasteiger partial charge >= 0.3 is 0 Å². The quantitative estimate of drug-likeness (QED) is 0.936. The number of nitrogens with zero attached hydrogens (tertiary/aromatic N) is 3. The first-order chi connectivity index (χ1) is 9.36. The molecule has 0 saturated heterocycles. The Morgan fingerprint density at radius 2 is 1.95 bits per heavy atom. The number of anilines is 1. The largest absolute Gasteiger partial charge is 0.368 e. The minimum absolute atomic E-state index is 0.126. The molecule has 2 heterocycles. The highest BCUT2D eigenvalue weighted by atomic mass is 32.1. The van der Waals surface area contributed by atoms with Crippen LogP contribution in [0.25, 0.3) is 0 Å². The third kappa shape index (κ3) is 3.76. The molecule has 5 heteroatoms. The fourth-order valence-electron chi connectivity index (χ4n) is 1.76. The lowest BCUT2D eigenvalue weighted by Crippen LogP contribution is -2.12. The van der Waals surface area contributed by atoms with Crippen LogP contribution in [0.3, 0.4) is 0 Å². The molecule has 0 bridgehead atoms. The number of aromatic nitrogens is 3. The molecule has 1 N–H and O–H groups in total. The van der Waals surface area contributed by atoms with Gasteiger partial charge in [0, 0.05) is 30.0 Å². The van der Waals surface area contributed by atoms with Gasteiger partial charge in [0.1, 0.15) is 5.82 Å². The predicted octanol–water partition coefficient (Wildman–Crippen LogP) is 3.50. The summed E-state index contributed by atoms with van der Waals surface area (Å²) in [6.45, 7) is 11.3. The Hall–Kier alpha value is -1.49. The summed E-state index contributed by atoms with van der Waals surface area (Å²) in [5, 5.41) is 6.67. The molecule has 108 valence electrons. The van der Waals surface area contributed by atoms with Crippen molar-refractivity contribution in [1.82, 2.24) is 15.0 Å². The molecule has 0 spiro atoms. The van der Waals surface area contributed by atoms with Gasteiger partial charge in [-0.25, -0.2) is 9.97 Å². The zero-order valence-corrected chi connectivity index (χ0v) is 13.6. The standard InChI is InChI=1S/C15H22N4S/c1-10-8-17-11(2)14(18-10)16-7-6-13-19-12(9-20-13)15(3,4)5/h8-9H,6-7H2,1-5H3,(H,16,18). The maximum atomic E-state index is 4.70. The van der Waals surface area contributed by atoms with E-state index >= 15 is 0 Å². The molecule has 2 aromatic heterocycles. The summed E-state index contributed by atoms with van der Waals surface area (Å²) >= 11 is 1.73. The third-order valence-corrected chi connectivity index (χ3v) is 3.94. The van der Waals surface area contributed by atoms with Crippen LogP contribution in [0.5, 0.6) is 0 Å². The number of nitrogens with one attached hydrogen (secondary N) is 1. The smallest absolute Gasteiger partial charge is 0.147 e. The maximum Gasteiger partial charge on any atom is 0.147 e. The number of aryl methyl sites for hydroxylation is 2. The molecule has 0 radical (unpaired) electrons. The van der Waals surface area contributed by atoms with Crippen LogP contribution < -0.4 is 5.32 Å². The van der Waals surface area contributed by atoms with Crippen LogP contribution in [-0.2, 0) is 11.8 Å². The summed E-state index contributed by atoms with van der Waals surface area (Å²) in [6, 6.07) is 0. The van der Waals surface area contributed by atoms with Crippen molar-refractivity contribution in [2.45, 2.75) is 46.5 Å². The second-order valence-corrected chi connectivity index (χ2v) is 6.94. The monoisotopic (exact) mass is 290 g/mol. The Labute approximate surface area is 124 Å². The molecule has 0 amide bonds. The van der Waals surface area contributed by atoms with Crippen molar-refractivity contribution in [3.05, 3.63) is 33.7 Å². The molecule has 0 unspecified atom stereocenters. The van der Waals surface area contributed by atoms with Gasteiger partial charge in [0.2, 0.25) is 0 Å². The Balaban J connectivity index is 1.93. The van der Waals surface area contributed by atoms with Crippen LogP contribution in [0.15, 0.2) is 11.6 Å². The Morgan fingerprint density at radius 1 is 1.20 bits per heavy atom. The summed E-state index contributed by atoms with van der Waals surface area (Å²) in [5.41, 5.74) is 3.16. The molecule has 20 heavy (non-hydrogen) atoms. The Bertz CT molecular complexity index is 584. The van der Waals surface area contributed by atoms with Crippen molar-refractivity contribution in [3.8, 4) is 0 Å². The number of thiazole rings is 1. The molecule has 0 aromatic carbocycles. The summed E-state index contributed by atoms with van der Waals surface area (Å²) in [7, 11) is 0. The SMILES string of the molecule is Cc1cnc(C)c(NCCc2nc(C(C)(C)C)cs2)n1. The van der Waals surface area contributed by atoms with E-state index in [1.165, 1.54) is 10.7 Å². The van der Waals surface area contributed by atoms with Crippen molar-refractivity contribution in [3.63, 3.8) is 0 Å². The van der Waals surface area contributed by atoms with Gasteiger partial charge in [0.05, 0.1) is 22.1 Å². The van der Waals surface area contributed by atoms with Crippen LogP contribution >= 0.6 is 11.3 Å². The van der Waals surface area contributed by atoms with Gasteiger partial charge in [-0.15, -0.1) is 11.3 Å². The number of rotatable bonds is 4. The Morgan fingerprint density at radius 3 is 2.60 bits per heavy atom. The van der Waals surface area contributed by atoms with Gasteiger partial charge in [0.25, 0.3) is 0 Å². The predicted molar refractivity (Wildman–Crippen MR) is 84.5 cm³/mol. The topological polar surface area (TPSA) is 50.7 Å². The lowest BCUT2D eigenvalue weighted by Gasteiger charge is -2.14. The van der Waals surface area contributed by atoms with Crippen molar-refractivity contribution in [1.29, 1.82) is 0 Å². The van der Waals surface area contributed by atoms with Gasteiger partial charge in [-0.3, -0.25) is 4.98 Å². The van der Waals surface area contributed by atoms with E-state index in [0.717, 1.165) is 30.2 Å². The van der Waals surface area contributed by atoms with Crippen LogP contribution in [0.2, 0.25) is 0 Å². The summed E-state index contributed by atoms with van der Waals surface area (Å²) in [5.74, 6) is 0.873. The van der Waals surface area contributed by atoms with Gasteiger partial charge < -0.3 is 5.32 Å². The molecule has 0 aliphatic carbocycles. The van der Waals surface area contributed by atoms with Crippen LogP contribution in [0.1, 0.15) is 42.9 Å². The zero-order chi connectivity index (χ0) is 14.8. The third-order valence-electron chi connectivity index (χ3n) is 3.03. The molecular weight excluding hydrogens is 268 g/mol. The molecule has 0 aliphatic rings. The van der Waals surface area contributed by atoms with Gasteiger partial charge in [-0.2, -0.15) is 0 Å². The van der Waals surface area contributed by atoms with E-state index in [9.17, 15) is 0 Å². The lowest BCUT2D eigenvalue weighted by molar-refractivity contribution is 0.571. The fourth-order valence-corrected chi connectivity index (χ4v) is 2.79. The molecule has 4 nitrogen and oxygen atoms in total. The second-order valence-electron chi connectivity index (χ2n) is 6.00. The van der Waals surface area contributed by atoms with Crippen molar-refractivity contribution in [2.75, 3.05) is 11.9 Å². The molecule has 0 fully saturated rings. The van der Waals surface area contributed by atoms with E-state index in [-0.39, 0.29) is 5.41 Å². The number of hydrogen-bond acceptors (Lipinski definition) is 5. The summed E-state index contributed by atoms with van der Waals surface area (Å²) in [4.78, 5) is 13.5. The van der Waals surface area contributed by atoms with Crippen LogP contribution in [-0.4, -0.2) is 21.5 Å². The van der Waals surface area contributed by atoms with Gasteiger partial charge in [-0.05, 0) is 13.8 Å². The van der Waals surface area contributed by atoms with Crippen LogP contribution in [0.4, 0.5) is 5.82 Å². The van der Waals surface area contributed by atoms with Crippen LogP contribution in [0, 0.1) is 13.8 Å².